The van der Waals surface area contributed by atoms with E-state index < -0.39 is 0 Å². The third kappa shape index (κ3) is 1.04. The topological polar surface area (TPSA) is 52.0 Å². The van der Waals surface area contributed by atoms with Crippen molar-refractivity contribution in [3.8, 4) is 0 Å². The van der Waals surface area contributed by atoms with Gasteiger partial charge in [0.15, 0.2) is 0 Å². The van der Waals surface area contributed by atoms with Crippen molar-refractivity contribution in [3.05, 3.63) is 0 Å². The van der Waals surface area contributed by atoms with Crippen LogP contribution in [-0.4, -0.2) is 12.1 Å². The first-order valence-electron chi connectivity index (χ1n) is 6.12. The Kier molecular flexibility index (Phi) is 1.79. The Hall–Kier alpha value is -0.0800. The molecule has 0 radical (unpaired) electrons. The fourth-order valence-electron chi connectivity index (χ4n) is 4.68. The number of rotatable bonds is 1. The van der Waals surface area contributed by atoms with Crippen LogP contribution >= 0.6 is 0 Å². The van der Waals surface area contributed by atoms with Gasteiger partial charge in [-0.25, -0.2) is 0 Å². The van der Waals surface area contributed by atoms with E-state index >= 15 is 0 Å². The van der Waals surface area contributed by atoms with E-state index in [0.29, 0.717) is 17.5 Å². The third-order valence-corrected chi connectivity index (χ3v) is 5.36. The van der Waals surface area contributed by atoms with Crippen LogP contribution in [0.5, 0.6) is 0 Å². The van der Waals surface area contributed by atoms with Gasteiger partial charge in [0.1, 0.15) is 0 Å². The van der Waals surface area contributed by atoms with Crippen LogP contribution in [-0.2, 0) is 0 Å². The van der Waals surface area contributed by atoms with Crippen LogP contribution in [0.4, 0.5) is 0 Å². The van der Waals surface area contributed by atoms with Crippen molar-refractivity contribution in [2.24, 2.45) is 34.6 Å². The van der Waals surface area contributed by atoms with Crippen LogP contribution < -0.4 is 11.5 Å². The van der Waals surface area contributed by atoms with Gasteiger partial charge in [-0.1, -0.05) is 0 Å². The fourth-order valence-corrected chi connectivity index (χ4v) is 4.68. The number of nitrogens with two attached hydrogens (primary N) is 2. The van der Waals surface area contributed by atoms with Gasteiger partial charge in [-0.2, -0.15) is 0 Å². The normalized spacial score (nSPS) is 57.6. The first-order chi connectivity index (χ1) is 6.61. The Morgan fingerprint density at radius 1 is 1.14 bits per heavy atom. The Morgan fingerprint density at radius 3 is 2.21 bits per heavy atom. The lowest BCUT2D eigenvalue weighted by atomic mass is 9.46. The molecule has 4 rings (SSSR count). The molecule has 4 saturated carbocycles. The molecule has 0 spiro atoms. The van der Waals surface area contributed by atoms with E-state index in [9.17, 15) is 0 Å². The van der Waals surface area contributed by atoms with Gasteiger partial charge in [-0.05, 0) is 62.2 Å². The minimum atomic E-state index is 0.378. The third-order valence-electron chi connectivity index (χ3n) is 5.36. The Morgan fingerprint density at radius 2 is 1.71 bits per heavy atom. The highest BCUT2D eigenvalue weighted by Crippen LogP contribution is 2.60. The zero-order valence-corrected chi connectivity index (χ0v) is 9.08. The van der Waals surface area contributed by atoms with Gasteiger partial charge < -0.3 is 11.5 Å². The summed E-state index contributed by atoms with van der Waals surface area (Å²) in [5.41, 5.74) is 13.0. The van der Waals surface area contributed by atoms with Crippen LogP contribution in [0.3, 0.4) is 0 Å². The van der Waals surface area contributed by atoms with Gasteiger partial charge in [-0.3, -0.25) is 0 Å². The lowest BCUT2D eigenvalue weighted by Crippen LogP contribution is -2.60. The van der Waals surface area contributed by atoms with E-state index in [1.165, 1.54) is 32.1 Å². The minimum absolute atomic E-state index is 0.378. The molecule has 3 unspecified atom stereocenters. The van der Waals surface area contributed by atoms with Crippen LogP contribution in [0.2, 0.25) is 0 Å². The average Bonchev–Trinajstić information content (AvgIpc) is 2.12. The van der Waals surface area contributed by atoms with Crippen LogP contribution in [0.25, 0.3) is 0 Å². The molecular formula is C12H22N2. The minimum Gasteiger partial charge on any atom is -0.327 e. The van der Waals surface area contributed by atoms with Gasteiger partial charge in [0.25, 0.3) is 0 Å². The van der Waals surface area contributed by atoms with Gasteiger partial charge >= 0.3 is 0 Å². The maximum Gasteiger partial charge on any atom is 0.00962 e. The maximum absolute atomic E-state index is 6.29. The summed E-state index contributed by atoms with van der Waals surface area (Å²) in [6, 6.07) is 0.876. The van der Waals surface area contributed by atoms with Crippen molar-refractivity contribution in [2.75, 3.05) is 0 Å². The Balaban J connectivity index is 1.92. The Labute approximate surface area is 86.4 Å². The molecule has 4 fully saturated rings. The van der Waals surface area contributed by atoms with Gasteiger partial charge in [0.05, 0.1) is 0 Å². The molecule has 4 bridgehead atoms. The molecule has 0 aliphatic heterocycles. The number of hydrogen-bond donors (Lipinski definition) is 2. The average molecular weight is 194 g/mol. The SMILES string of the molecule is CC(N)C12CC3CC(C1)C(N)C(C3)C2. The van der Waals surface area contributed by atoms with E-state index in [4.69, 9.17) is 11.5 Å². The highest BCUT2D eigenvalue weighted by molar-refractivity contribution is 5.08. The van der Waals surface area contributed by atoms with E-state index in [0.717, 1.165) is 17.8 Å². The van der Waals surface area contributed by atoms with Crippen molar-refractivity contribution in [1.82, 2.24) is 0 Å². The second kappa shape index (κ2) is 2.73. The lowest BCUT2D eigenvalue weighted by molar-refractivity contribution is -0.0769. The zero-order chi connectivity index (χ0) is 9.92. The molecule has 80 valence electrons. The molecule has 4 N–H and O–H groups in total. The first-order valence-corrected chi connectivity index (χ1v) is 6.12. The second-order valence-electron chi connectivity index (χ2n) is 6.20. The molecule has 0 heterocycles. The summed E-state index contributed by atoms with van der Waals surface area (Å²) in [7, 11) is 0. The monoisotopic (exact) mass is 194 g/mol. The lowest BCUT2D eigenvalue weighted by Gasteiger charge is -2.60. The van der Waals surface area contributed by atoms with E-state index in [1.54, 1.807) is 0 Å². The number of hydrogen-bond acceptors (Lipinski definition) is 2. The van der Waals surface area contributed by atoms with Crippen LogP contribution in [0.1, 0.15) is 39.0 Å². The maximum atomic E-state index is 6.29. The highest BCUT2D eigenvalue weighted by Gasteiger charge is 2.55. The summed E-state index contributed by atoms with van der Waals surface area (Å²) in [6.07, 6.45) is 6.82. The molecule has 0 aromatic heterocycles. The largest absolute Gasteiger partial charge is 0.327 e. The summed E-state index contributed by atoms with van der Waals surface area (Å²) in [6.45, 7) is 2.21. The first kappa shape index (κ1) is 9.17. The smallest absolute Gasteiger partial charge is 0.00962 e. The van der Waals surface area contributed by atoms with Gasteiger partial charge in [-0.15, -0.1) is 0 Å². The van der Waals surface area contributed by atoms with E-state index in [2.05, 4.69) is 6.92 Å². The standard InChI is InChI=1S/C12H22N2/c1-7(13)12-4-8-2-9(5-12)11(14)10(3-8)6-12/h7-11H,2-6,13-14H2,1H3. The van der Waals surface area contributed by atoms with E-state index in [-0.39, 0.29) is 0 Å². The molecule has 4 aliphatic carbocycles. The molecule has 0 aromatic rings. The Bertz CT molecular complexity index is 233. The van der Waals surface area contributed by atoms with Gasteiger partial charge in [0.2, 0.25) is 0 Å². The quantitative estimate of drug-likeness (QED) is 0.664. The molecule has 14 heavy (non-hydrogen) atoms. The van der Waals surface area contributed by atoms with E-state index in [1.807, 2.05) is 0 Å². The fraction of sp³-hybridized carbons (Fsp3) is 1.00. The van der Waals surface area contributed by atoms with Crippen molar-refractivity contribution < 1.29 is 0 Å². The summed E-state index contributed by atoms with van der Waals surface area (Å²) >= 11 is 0. The molecule has 3 atom stereocenters. The molecule has 2 heteroatoms. The summed E-state index contributed by atoms with van der Waals surface area (Å²) in [5, 5.41) is 0. The van der Waals surface area contributed by atoms with Crippen molar-refractivity contribution in [2.45, 2.75) is 51.1 Å². The highest BCUT2D eigenvalue weighted by atomic mass is 14.8. The summed E-state index contributed by atoms with van der Waals surface area (Å²) in [4.78, 5) is 0. The molecule has 0 saturated heterocycles. The second-order valence-corrected chi connectivity index (χ2v) is 6.20. The van der Waals surface area contributed by atoms with Crippen LogP contribution in [0.15, 0.2) is 0 Å². The molecule has 2 nitrogen and oxygen atoms in total. The molecule has 0 amide bonds. The summed E-state index contributed by atoms with van der Waals surface area (Å²) in [5.74, 6) is 2.55. The zero-order valence-electron chi connectivity index (χ0n) is 9.08. The molecular weight excluding hydrogens is 172 g/mol. The molecule has 0 aromatic carbocycles. The van der Waals surface area contributed by atoms with Crippen molar-refractivity contribution in [1.29, 1.82) is 0 Å². The van der Waals surface area contributed by atoms with Crippen molar-refractivity contribution in [3.63, 3.8) is 0 Å². The van der Waals surface area contributed by atoms with Crippen LogP contribution in [0, 0.1) is 23.2 Å². The van der Waals surface area contributed by atoms with Gasteiger partial charge in [0, 0.05) is 12.1 Å². The predicted octanol–water partition coefficient (Wildman–Crippen LogP) is 1.49. The molecule has 4 aliphatic rings. The van der Waals surface area contributed by atoms with Crippen molar-refractivity contribution >= 4 is 0 Å². The predicted molar refractivity (Wildman–Crippen MR) is 57.6 cm³/mol. The summed E-state index contributed by atoms with van der Waals surface area (Å²) < 4.78 is 0.